The summed E-state index contributed by atoms with van der Waals surface area (Å²) < 4.78 is 0. The van der Waals surface area contributed by atoms with Crippen LogP contribution in [0.2, 0.25) is 0 Å². The van der Waals surface area contributed by atoms with Gasteiger partial charge in [0.25, 0.3) is 11.8 Å². The van der Waals surface area contributed by atoms with E-state index in [0.717, 1.165) is 30.5 Å². The number of hydrogen-bond donors (Lipinski definition) is 1. The summed E-state index contributed by atoms with van der Waals surface area (Å²) in [5.74, 6) is -0.296. The molecule has 0 saturated heterocycles. The smallest absolute Gasteiger partial charge is 0.279 e. The van der Waals surface area contributed by atoms with Crippen molar-refractivity contribution in [2.75, 3.05) is 21.7 Å². The molecule has 2 aliphatic rings. The predicted molar refractivity (Wildman–Crippen MR) is 123 cm³/mol. The van der Waals surface area contributed by atoms with E-state index in [9.17, 15) is 9.59 Å². The number of hydrogen-bond acceptors (Lipinski definition) is 3. The lowest BCUT2D eigenvalue weighted by Crippen LogP contribution is -2.63. The number of carbonyl (C=O) groups excluding carboxylic acids is 2. The molecule has 0 bridgehead atoms. The molecule has 3 aromatic rings. The molecular formula is C26H25N3O2. The first-order valence-corrected chi connectivity index (χ1v) is 10.9. The molecule has 5 rings (SSSR count). The molecule has 3 aromatic carbocycles. The molecule has 31 heavy (non-hydrogen) atoms. The second-order valence-electron chi connectivity index (χ2n) is 8.04. The lowest BCUT2D eigenvalue weighted by Gasteiger charge is -2.45. The molecule has 1 atom stereocenters. The van der Waals surface area contributed by atoms with Gasteiger partial charge < -0.3 is 10.2 Å². The van der Waals surface area contributed by atoms with Gasteiger partial charge in [0.15, 0.2) is 0 Å². The Labute approximate surface area is 182 Å². The molecule has 2 aliphatic heterocycles. The van der Waals surface area contributed by atoms with Crippen LogP contribution in [0.1, 0.15) is 42.1 Å². The van der Waals surface area contributed by atoms with Gasteiger partial charge in [-0.3, -0.25) is 14.5 Å². The molecule has 5 heteroatoms. The fourth-order valence-electron chi connectivity index (χ4n) is 4.70. The number of rotatable bonds is 5. The minimum absolute atomic E-state index is 0.114. The molecule has 0 fully saturated rings. The second-order valence-corrected chi connectivity index (χ2v) is 8.04. The summed E-state index contributed by atoms with van der Waals surface area (Å²) in [5.41, 5.74) is 2.29. The monoisotopic (exact) mass is 411 g/mol. The van der Waals surface area contributed by atoms with Crippen molar-refractivity contribution < 1.29 is 9.59 Å². The largest absolute Gasteiger partial charge is 0.350 e. The summed E-state index contributed by atoms with van der Waals surface area (Å²) in [7, 11) is 0. The molecule has 2 amide bonds. The Morgan fingerprint density at radius 1 is 0.839 bits per heavy atom. The zero-order chi connectivity index (χ0) is 21.4. The second kappa shape index (κ2) is 7.58. The summed E-state index contributed by atoms with van der Waals surface area (Å²) in [6.45, 7) is 2.78. The van der Waals surface area contributed by atoms with Gasteiger partial charge in [0.05, 0.1) is 11.3 Å². The average molecular weight is 412 g/mol. The topological polar surface area (TPSA) is 52.7 Å². The van der Waals surface area contributed by atoms with Gasteiger partial charge in [0, 0.05) is 23.5 Å². The molecule has 0 radical (unpaired) electrons. The van der Waals surface area contributed by atoms with E-state index in [0.29, 0.717) is 23.5 Å². The van der Waals surface area contributed by atoms with Gasteiger partial charge in [0.1, 0.15) is 0 Å². The van der Waals surface area contributed by atoms with Crippen molar-refractivity contribution in [2.45, 2.75) is 31.8 Å². The lowest BCUT2D eigenvalue weighted by atomic mass is 9.92. The van der Waals surface area contributed by atoms with Gasteiger partial charge in [0.2, 0.25) is 5.66 Å². The van der Waals surface area contributed by atoms with E-state index in [-0.39, 0.29) is 11.8 Å². The summed E-state index contributed by atoms with van der Waals surface area (Å²) in [6, 6.07) is 24.7. The molecule has 2 heterocycles. The van der Waals surface area contributed by atoms with Crippen LogP contribution in [0.15, 0.2) is 78.9 Å². The van der Waals surface area contributed by atoms with Crippen LogP contribution in [0.3, 0.4) is 0 Å². The number of benzene rings is 3. The number of anilines is 3. The van der Waals surface area contributed by atoms with E-state index in [4.69, 9.17) is 0 Å². The van der Waals surface area contributed by atoms with Crippen molar-refractivity contribution in [3.63, 3.8) is 0 Å². The zero-order valence-corrected chi connectivity index (χ0v) is 17.5. The Balaban J connectivity index is 1.73. The molecular weight excluding hydrogens is 386 g/mol. The summed E-state index contributed by atoms with van der Waals surface area (Å²) in [6.07, 6.45) is 3.05. The average Bonchev–Trinajstić information content (AvgIpc) is 3.03. The van der Waals surface area contributed by atoms with Crippen LogP contribution >= 0.6 is 0 Å². The van der Waals surface area contributed by atoms with Crippen molar-refractivity contribution >= 4 is 28.9 Å². The Morgan fingerprint density at radius 3 is 2.35 bits per heavy atom. The van der Waals surface area contributed by atoms with E-state index in [1.807, 2.05) is 77.7 Å². The third kappa shape index (κ3) is 2.84. The summed E-state index contributed by atoms with van der Waals surface area (Å²) >= 11 is 0. The maximum atomic E-state index is 14.1. The predicted octanol–water partition coefficient (Wildman–Crippen LogP) is 5.15. The summed E-state index contributed by atoms with van der Waals surface area (Å²) in [5, 5.41) is 3.49. The fourth-order valence-corrected chi connectivity index (χ4v) is 4.70. The van der Waals surface area contributed by atoms with Crippen molar-refractivity contribution in [2.24, 2.45) is 0 Å². The first-order valence-electron chi connectivity index (χ1n) is 10.9. The molecule has 0 aromatic heterocycles. The van der Waals surface area contributed by atoms with E-state index in [2.05, 4.69) is 12.2 Å². The quantitative estimate of drug-likeness (QED) is 0.591. The molecule has 156 valence electrons. The highest BCUT2D eigenvalue weighted by molar-refractivity contribution is 6.22. The minimum Gasteiger partial charge on any atom is -0.350 e. The lowest BCUT2D eigenvalue weighted by molar-refractivity contribution is -0.122. The van der Waals surface area contributed by atoms with Crippen LogP contribution in [0.4, 0.5) is 17.1 Å². The third-order valence-electron chi connectivity index (χ3n) is 6.15. The van der Waals surface area contributed by atoms with E-state index in [1.54, 1.807) is 11.0 Å². The molecule has 1 N–H and O–H groups in total. The number of carbonyl (C=O) groups is 2. The van der Waals surface area contributed by atoms with Gasteiger partial charge in [-0.1, -0.05) is 68.3 Å². The van der Waals surface area contributed by atoms with Crippen LogP contribution < -0.4 is 15.1 Å². The first-order chi connectivity index (χ1) is 15.2. The molecule has 5 nitrogen and oxygen atoms in total. The summed E-state index contributed by atoms with van der Waals surface area (Å²) in [4.78, 5) is 31.4. The minimum atomic E-state index is -1.31. The zero-order valence-electron chi connectivity index (χ0n) is 17.5. The van der Waals surface area contributed by atoms with E-state index >= 15 is 0 Å². The van der Waals surface area contributed by atoms with Crippen LogP contribution in [0.5, 0.6) is 0 Å². The van der Waals surface area contributed by atoms with Crippen LogP contribution in [0, 0.1) is 0 Å². The van der Waals surface area contributed by atoms with Crippen LogP contribution in [0.25, 0.3) is 0 Å². The Morgan fingerprint density at radius 2 is 1.55 bits per heavy atom. The number of nitrogens with zero attached hydrogens (tertiary/aromatic N) is 2. The number of unbranched alkanes of at least 4 members (excludes halogenated alkanes) is 2. The highest BCUT2D eigenvalue weighted by atomic mass is 16.2. The Hall–Kier alpha value is -3.60. The standard InChI is InChI=1S/C26H25N3O2/c1-2-3-11-18-28-23-17-10-8-15-21(23)26(25(28)31)27-22-16-9-7-14-20(22)24(30)29(26)19-12-5-4-6-13-19/h4-10,12-17,27H,2-3,11,18H2,1H3/t26-/m0/s1. The van der Waals surface area contributed by atoms with Crippen molar-refractivity contribution in [1.29, 1.82) is 0 Å². The van der Waals surface area contributed by atoms with Gasteiger partial charge in [-0.25, -0.2) is 0 Å². The van der Waals surface area contributed by atoms with Gasteiger partial charge >= 0.3 is 0 Å². The Kier molecular flexibility index (Phi) is 4.74. The van der Waals surface area contributed by atoms with Gasteiger partial charge in [-0.05, 0) is 36.8 Å². The maximum Gasteiger partial charge on any atom is 0.279 e. The SMILES string of the molecule is CCCCCN1C(=O)[C@]2(Nc3ccccc3C(=O)N2c2ccccc2)c2ccccc21. The molecule has 0 unspecified atom stereocenters. The Bertz CT molecular complexity index is 1140. The van der Waals surface area contributed by atoms with Gasteiger partial charge in [-0.2, -0.15) is 0 Å². The number of fused-ring (bicyclic) bond motifs is 3. The van der Waals surface area contributed by atoms with Crippen LogP contribution in [-0.2, 0) is 10.5 Å². The molecule has 1 spiro atoms. The first kappa shape index (κ1) is 19.4. The highest BCUT2D eigenvalue weighted by Gasteiger charge is 2.59. The third-order valence-corrected chi connectivity index (χ3v) is 6.15. The van der Waals surface area contributed by atoms with Crippen LogP contribution in [-0.4, -0.2) is 18.4 Å². The molecule has 0 aliphatic carbocycles. The number of amides is 2. The molecule has 0 saturated carbocycles. The number of nitrogens with one attached hydrogen (secondary N) is 1. The van der Waals surface area contributed by atoms with Crippen molar-refractivity contribution in [3.8, 4) is 0 Å². The van der Waals surface area contributed by atoms with Gasteiger partial charge in [-0.15, -0.1) is 0 Å². The fraction of sp³-hybridized carbons (Fsp3) is 0.231. The number of para-hydroxylation sites is 3. The van der Waals surface area contributed by atoms with Crippen molar-refractivity contribution in [3.05, 3.63) is 90.0 Å². The normalized spacial score (nSPS) is 19.4. The van der Waals surface area contributed by atoms with Crippen molar-refractivity contribution in [1.82, 2.24) is 0 Å². The maximum absolute atomic E-state index is 14.1. The highest BCUT2D eigenvalue weighted by Crippen LogP contribution is 2.49. The van der Waals surface area contributed by atoms with E-state index < -0.39 is 5.66 Å². The van der Waals surface area contributed by atoms with E-state index in [1.165, 1.54) is 0 Å².